The van der Waals surface area contributed by atoms with Gasteiger partial charge in [-0.1, -0.05) is 37.3 Å². The Labute approximate surface area is 111 Å². The molecule has 2 atom stereocenters. The van der Waals surface area contributed by atoms with E-state index in [9.17, 15) is 0 Å². The average molecular weight is 250 g/mol. The Hall–Kier alpha value is -0.900. The summed E-state index contributed by atoms with van der Waals surface area (Å²) in [5.41, 5.74) is 7.28. The van der Waals surface area contributed by atoms with Gasteiger partial charge in [0, 0.05) is 25.7 Å². The highest BCUT2D eigenvalue weighted by atomic mass is 16.5. The maximum Gasteiger partial charge on any atom is 0.0593 e. The van der Waals surface area contributed by atoms with E-state index in [1.807, 2.05) is 13.0 Å². The van der Waals surface area contributed by atoms with Crippen LogP contribution in [0, 0.1) is 0 Å². The third-order valence-electron chi connectivity index (χ3n) is 3.50. The predicted octanol–water partition coefficient (Wildman–Crippen LogP) is 2.09. The minimum atomic E-state index is 0.354. The number of hydrogen-bond acceptors (Lipinski definition) is 3. The van der Waals surface area contributed by atoms with E-state index in [1.54, 1.807) is 0 Å². The highest BCUT2D eigenvalue weighted by Gasteiger charge is 2.21. The Morgan fingerprint density at radius 2 is 1.94 bits per heavy atom. The normalized spacial score (nSPS) is 14.7. The molecule has 0 aliphatic rings. The number of nitrogens with two attached hydrogens (primary N) is 1. The fourth-order valence-electron chi connectivity index (χ4n) is 2.26. The number of hydrogen-bond donors (Lipinski definition) is 1. The minimum absolute atomic E-state index is 0.354. The molecular formula is C15H26N2O. The van der Waals surface area contributed by atoms with E-state index in [1.165, 1.54) is 5.56 Å². The molecule has 18 heavy (non-hydrogen) atoms. The van der Waals surface area contributed by atoms with Gasteiger partial charge in [-0.25, -0.2) is 0 Å². The van der Waals surface area contributed by atoms with Crippen LogP contribution in [0.3, 0.4) is 0 Å². The smallest absolute Gasteiger partial charge is 0.0593 e. The van der Waals surface area contributed by atoms with E-state index >= 15 is 0 Å². The van der Waals surface area contributed by atoms with Crippen molar-refractivity contribution in [2.75, 3.05) is 33.4 Å². The van der Waals surface area contributed by atoms with Crippen molar-refractivity contribution in [3.63, 3.8) is 0 Å². The van der Waals surface area contributed by atoms with Crippen LogP contribution in [-0.2, 0) is 4.74 Å². The van der Waals surface area contributed by atoms with Gasteiger partial charge in [0.15, 0.2) is 0 Å². The Balaban J connectivity index is 2.59. The first-order valence-electron chi connectivity index (χ1n) is 6.73. The molecule has 3 nitrogen and oxygen atoms in total. The quantitative estimate of drug-likeness (QED) is 0.718. The molecule has 1 rings (SSSR count). The van der Waals surface area contributed by atoms with Crippen molar-refractivity contribution in [1.29, 1.82) is 0 Å². The van der Waals surface area contributed by atoms with Crippen LogP contribution in [0.5, 0.6) is 0 Å². The van der Waals surface area contributed by atoms with E-state index in [-0.39, 0.29) is 0 Å². The van der Waals surface area contributed by atoms with Crippen molar-refractivity contribution in [2.24, 2.45) is 5.73 Å². The molecule has 1 aromatic carbocycles. The van der Waals surface area contributed by atoms with E-state index in [0.717, 1.165) is 19.8 Å². The van der Waals surface area contributed by atoms with Crippen LogP contribution in [0.2, 0.25) is 0 Å². The number of nitrogens with zero attached hydrogens (tertiary/aromatic N) is 1. The van der Waals surface area contributed by atoms with Gasteiger partial charge < -0.3 is 10.5 Å². The lowest BCUT2D eigenvalue weighted by molar-refractivity contribution is 0.104. The summed E-state index contributed by atoms with van der Waals surface area (Å²) in [4.78, 5) is 2.30. The van der Waals surface area contributed by atoms with Gasteiger partial charge >= 0.3 is 0 Å². The minimum Gasteiger partial charge on any atom is -0.380 e. The monoisotopic (exact) mass is 250 g/mol. The van der Waals surface area contributed by atoms with E-state index in [0.29, 0.717) is 18.5 Å². The second kappa shape index (κ2) is 8.25. The van der Waals surface area contributed by atoms with Crippen LogP contribution in [0.25, 0.3) is 0 Å². The summed E-state index contributed by atoms with van der Waals surface area (Å²) in [5, 5.41) is 0. The van der Waals surface area contributed by atoms with Gasteiger partial charge in [-0.2, -0.15) is 0 Å². The number of ether oxygens (including phenoxy) is 1. The van der Waals surface area contributed by atoms with Crippen LogP contribution in [0.4, 0.5) is 0 Å². The lowest BCUT2D eigenvalue weighted by Gasteiger charge is -2.32. The third-order valence-corrected chi connectivity index (χ3v) is 3.50. The lowest BCUT2D eigenvalue weighted by atomic mass is 9.92. The predicted molar refractivity (Wildman–Crippen MR) is 76.8 cm³/mol. The molecule has 102 valence electrons. The fourth-order valence-corrected chi connectivity index (χ4v) is 2.26. The summed E-state index contributed by atoms with van der Waals surface area (Å²) in [6.07, 6.45) is 0. The summed E-state index contributed by atoms with van der Waals surface area (Å²) in [6, 6.07) is 10.9. The molecule has 0 radical (unpaired) electrons. The molecular weight excluding hydrogens is 224 g/mol. The van der Waals surface area contributed by atoms with Gasteiger partial charge in [0.2, 0.25) is 0 Å². The topological polar surface area (TPSA) is 38.5 Å². The van der Waals surface area contributed by atoms with Crippen LogP contribution >= 0.6 is 0 Å². The molecule has 0 saturated heterocycles. The molecule has 2 unspecified atom stereocenters. The highest BCUT2D eigenvalue weighted by molar-refractivity contribution is 5.20. The summed E-state index contributed by atoms with van der Waals surface area (Å²) in [5.74, 6) is 0.433. The van der Waals surface area contributed by atoms with Crippen molar-refractivity contribution in [2.45, 2.75) is 25.8 Å². The van der Waals surface area contributed by atoms with Gasteiger partial charge in [-0.05, 0) is 25.5 Å². The van der Waals surface area contributed by atoms with E-state index in [2.05, 4.69) is 43.1 Å². The van der Waals surface area contributed by atoms with Crippen LogP contribution in [0.1, 0.15) is 25.3 Å². The summed E-state index contributed by atoms with van der Waals surface area (Å²) < 4.78 is 5.40. The first-order valence-corrected chi connectivity index (χ1v) is 6.73. The van der Waals surface area contributed by atoms with Crippen molar-refractivity contribution in [3.05, 3.63) is 35.9 Å². The molecule has 0 bridgehead atoms. The molecule has 0 aliphatic heterocycles. The van der Waals surface area contributed by atoms with Gasteiger partial charge in [0.05, 0.1) is 6.61 Å². The standard InChI is InChI=1S/C15H26N2O/c1-4-18-11-10-17(3)15(12-16)13(2)14-8-6-5-7-9-14/h5-9,13,15H,4,10-12,16H2,1-3H3. The second-order valence-corrected chi connectivity index (χ2v) is 4.68. The lowest BCUT2D eigenvalue weighted by Crippen LogP contribution is -2.43. The van der Waals surface area contributed by atoms with Crippen molar-refractivity contribution in [1.82, 2.24) is 4.90 Å². The molecule has 3 heteroatoms. The SMILES string of the molecule is CCOCCN(C)C(CN)C(C)c1ccccc1. The summed E-state index contributed by atoms with van der Waals surface area (Å²) in [7, 11) is 2.12. The third kappa shape index (κ3) is 4.41. The molecule has 0 fully saturated rings. The van der Waals surface area contributed by atoms with Gasteiger partial charge in [0.25, 0.3) is 0 Å². The molecule has 2 N–H and O–H groups in total. The van der Waals surface area contributed by atoms with Crippen molar-refractivity contribution >= 4 is 0 Å². The number of rotatable bonds is 8. The number of likely N-dealkylation sites (N-methyl/N-ethyl adjacent to an activating group) is 1. The zero-order valence-corrected chi connectivity index (χ0v) is 11.8. The van der Waals surface area contributed by atoms with E-state index < -0.39 is 0 Å². The highest BCUT2D eigenvalue weighted by Crippen LogP contribution is 2.21. The molecule has 0 amide bonds. The zero-order valence-electron chi connectivity index (χ0n) is 11.8. The fraction of sp³-hybridized carbons (Fsp3) is 0.600. The molecule has 0 saturated carbocycles. The van der Waals surface area contributed by atoms with E-state index in [4.69, 9.17) is 10.5 Å². The molecule has 0 aromatic heterocycles. The Kier molecular flexibility index (Phi) is 6.94. The first kappa shape index (κ1) is 15.2. The average Bonchev–Trinajstić information content (AvgIpc) is 2.41. The largest absolute Gasteiger partial charge is 0.380 e. The Morgan fingerprint density at radius 1 is 1.28 bits per heavy atom. The molecule has 0 aliphatic carbocycles. The maximum absolute atomic E-state index is 5.93. The van der Waals surface area contributed by atoms with Crippen LogP contribution in [-0.4, -0.2) is 44.3 Å². The van der Waals surface area contributed by atoms with Crippen LogP contribution in [0.15, 0.2) is 30.3 Å². The zero-order chi connectivity index (χ0) is 13.4. The Morgan fingerprint density at radius 3 is 2.50 bits per heavy atom. The maximum atomic E-state index is 5.93. The molecule has 0 heterocycles. The van der Waals surface area contributed by atoms with Crippen molar-refractivity contribution < 1.29 is 4.74 Å². The van der Waals surface area contributed by atoms with Gasteiger partial charge in [-0.15, -0.1) is 0 Å². The summed E-state index contributed by atoms with van der Waals surface area (Å²) >= 11 is 0. The number of benzene rings is 1. The molecule has 1 aromatic rings. The van der Waals surface area contributed by atoms with Gasteiger partial charge in [-0.3, -0.25) is 4.90 Å². The van der Waals surface area contributed by atoms with Gasteiger partial charge in [0.1, 0.15) is 0 Å². The second-order valence-electron chi connectivity index (χ2n) is 4.68. The summed E-state index contributed by atoms with van der Waals surface area (Å²) in [6.45, 7) is 7.39. The molecule has 0 spiro atoms. The van der Waals surface area contributed by atoms with Crippen LogP contribution < -0.4 is 5.73 Å². The first-order chi connectivity index (χ1) is 8.70. The van der Waals surface area contributed by atoms with Crippen molar-refractivity contribution in [3.8, 4) is 0 Å². The Bertz CT molecular complexity index is 316.